The number of aliphatic hydroxyl groups is 1. The van der Waals surface area contributed by atoms with Crippen LogP contribution in [0.2, 0.25) is 0 Å². The van der Waals surface area contributed by atoms with E-state index in [0.717, 1.165) is 82.2 Å². The molecule has 1 unspecified atom stereocenters. The second kappa shape index (κ2) is 21.1. The van der Waals surface area contributed by atoms with Gasteiger partial charge in [0, 0.05) is 87.8 Å². The van der Waals surface area contributed by atoms with Crippen molar-refractivity contribution in [3.63, 3.8) is 0 Å². The summed E-state index contributed by atoms with van der Waals surface area (Å²) in [4.78, 5) is 45.3. The number of carbonyl (C=O) groups is 1. The third-order valence-electron chi connectivity index (χ3n) is 16.8. The molecule has 1 atom stereocenters. The average molecular weight is 1070 g/mol. The highest BCUT2D eigenvalue weighted by Gasteiger charge is 2.50. The molecule has 20 heteroatoms. The lowest BCUT2D eigenvalue weighted by molar-refractivity contribution is -0.384. The normalized spacial score (nSPS) is 21.8. The summed E-state index contributed by atoms with van der Waals surface area (Å²) in [6.45, 7) is 11.5. The average Bonchev–Trinajstić information content (AvgIpc) is 4.18. The molecule has 1 spiro atoms. The van der Waals surface area contributed by atoms with Crippen LogP contribution in [0.1, 0.15) is 111 Å². The Morgan fingerprint density at radius 3 is 2.44 bits per heavy atom. The molecule has 5 aliphatic rings. The first-order valence-corrected chi connectivity index (χ1v) is 28.2. The third-order valence-corrected chi connectivity index (χ3v) is 18.1. The summed E-state index contributed by atoms with van der Waals surface area (Å²) in [6.07, 6.45) is 11.3. The van der Waals surface area contributed by atoms with Crippen LogP contribution in [0, 0.1) is 21.4 Å². The van der Waals surface area contributed by atoms with Gasteiger partial charge in [-0.25, -0.2) is 23.1 Å². The number of nitrogens with zero attached hydrogens (tertiary/aromatic N) is 6. The van der Waals surface area contributed by atoms with Crippen molar-refractivity contribution in [1.82, 2.24) is 29.5 Å². The number of amides is 1. The number of benzene rings is 3. The highest BCUT2D eigenvalue weighted by atomic mass is 32.2. The standard InChI is InChI=1S/C57H67N9O10S/c1-36(2)43-7-5-6-8-44(43)47-34-63(33-38-9-11-41(73-4)12-10-38)23-24-65(47)40-28-57(29-40)18-21-64(22-19-57)50-27-48(76-42-25-39-15-20-58-54(39)61-31-42)45(32-59-50)55(67)62-77(71,72)49-26-46(66(69)70)51(53-52(49)74-35-75-53)60-30-37-13-16-56(3,68)17-14-37/h5-12,15,20,25-27,31-32,36-37,40,47,60,68H,13-14,16-19,21-24,28-30,33-35H2,1-4H3,(H,58,61)(H,62,67). The fourth-order valence-electron chi connectivity index (χ4n) is 12.3. The lowest BCUT2D eigenvalue weighted by Gasteiger charge is -2.58. The summed E-state index contributed by atoms with van der Waals surface area (Å²) < 4.78 is 53.7. The van der Waals surface area contributed by atoms with Gasteiger partial charge in [-0.1, -0.05) is 50.2 Å². The van der Waals surface area contributed by atoms with Crippen molar-refractivity contribution < 1.29 is 42.2 Å². The molecule has 2 saturated carbocycles. The second-order valence-corrected chi connectivity index (χ2v) is 23.9. The number of aromatic amines is 1. The molecule has 3 aromatic heterocycles. The Morgan fingerprint density at radius 2 is 1.70 bits per heavy atom. The molecule has 2 saturated heterocycles. The Morgan fingerprint density at radius 1 is 0.948 bits per heavy atom. The van der Waals surface area contributed by atoms with Crippen molar-refractivity contribution >= 4 is 44.2 Å². The van der Waals surface area contributed by atoms with Gasteiger partial charge in [0.1, 0.15) is 39.2 Å². The molecule has 0 bridgehead atoms. The van der Waals surface area contributed by atoms with E-state index in [9.17, 15) is 28.4 Å². The van der Waals surface area contributed by atoms with Gasteiger partial charge in [-0.15, -0.1) is 0 Å². The summed E-state index contributed by atoms with van der Waals surface area (Å²) in [7, 11) is -3.15. The largest absolute Gasteiger partial charge is 0.497 e. The van der Waals surface area contributed by atoms with Crippen LogP contribution in [0.25, 0.3) is 11.0 Å². The highest BCUT2D eigenvalue weighted by molar-refractivity contribution is 7.90. The number of piperazine rings is 1. The van der Waals surface area contributed by atoms with E-state index in [1.807, 2.05) is 18.2 Å². The first-order valence-electron chi connectivity index (χ1n) is 26.7. The Labute approximate surface area is 448 Å². The maximum absolute atomic E-state index is 14.3. The lowest BCUT2D eigenvalue weighted by Crippen LogP contribution is -2.60. The SMILES string of the molecule is COc1ccc(CN2CCN(C3CC4(CCN(c5cc(Oc6cnc7[nH]ccc7c6)c(C(=O)NS(=O)(=O)c6cc([N+](=O)[O-])c(NCC7CCC(C)(O)CC7)c7c6OCO7)cn5)CC4)C3)C(c3ccccc3C(C)C)C2)cc1. The van der Waals surface area contributed by atoms with Crippen LogP contribution in [-0.4, -0.2) is 114 Å². The van der Waals surface area contributed by atoms with Crippen molar-refractivity contribution in [1.29, 1.82) is 0 Å². The Balaban J connectivity index is 0.801. The van der Waals surface area contributed by atoms with Crippen molar-refractivity contribution in [2.24, 2.45) is 11.3 Å². The number of ether oxygens (including phenoxy) is 4. The zero-order valence-corrected chi connectivity index (χ0v) is 44.8. The second-order valence-electron chi connectivity index (χ2n) is 22.2. The van der Waals surface area contributed by atoms with E-state index in [1.54, 1.807) is 32.4 Å². The van der Waals surface area contributed by atoms with Crippen molar-refractivity contribution in [2.75, 3.05) is 63.4 Å². The predicted octanol–water partition coefficient (Wildman–Crippen LogP) is 9.30. The number of nitrogens with one attached hydrogen (secondary N) is 3. The number of methoxy groups -OCH3 is 1. The number of nitro groups is 1. The van der Waals surface area contributed by atoms with Gasteiger partial charge < -0.3 is 39.3 Å². The summed E-state index contributed by atoms with van der Waals surface area (Å²) in [5.41, 5.74) is 3.38. The van der Waals surface area contributed by atoms with Gasteiger partial charge in [0.25, 0.3) is 21.6 Å². The number of fused-ring (bicyclic) bond motifs is 2. The Hall–Kier alpha value is -7.00. The number of rotatable bonds is 16. The number of hydrogen-bond donors (Lipinski definition) is 4. The molecule has 11 rings (SSSR count). The van der Waals surface area contributed by atoms with E-state index >= 15 is 0 Å². The number of nitro benzene ring substituents is 1. The smallest absolute Gasteiger partial charge is 0.297 e. The van der Waals surface area contributed by atoms with Gasteiger partial charge in [0.2, 0.25) is 6.79 Å². The molecular weight excluding hydrogens is 1000 g/mol. The van der Waals surface area contributed by atoms with Gasteiger partial charge in [0.15, 0.2) is 17.2 Å². The fraction of sp³-hybridized carbons (Fsp3) is 0.456. The highest BCUT2D eigenvalue weighted by Crippen LogP contribution is 2.54. The van der Waals surface area contributed by atoms with Gasteiger partial charge in [-0.05, 0) is 116 Å². The molecule has 77 heavy (non-hydrogen) atoms. The number of aromatic nitrogens is 3. The zero-order valence-electron chi connectivity index (χ0n) is 44.0. The van der Waals surface area contributed by atoms with Gasteiger partial charge in [-0.2, -0.15) is 0 Å². The third kappa shape index (κ3) is 10.8. The molecule has 406 valence electrons. The molecule has 3 aromatic carbocycles. The minimum Gasteiger partial charge on any atom is -0.497 e. The summed E-state index contributed by atoms with van der Waals surface area (Å²) in [5, 5.41) is 26.8. The van der Waals surface area contributed by atoms with Crippen LogP contribution >= 0.6 is 0 Å². The topological polar surface area (TPSA) is 227 Å². The van der Waals surface area contributed by atoms with Crippen molar-refractivity contribution in [2.45, 2.75) is 107 Å². The van der Waals surface area contributed by atoms with Crippen molar-refractivity contribution in [3.05, 3.63) is 124 Å². The zero-order chi connectivity index (χ0) is 53.6. The molecular formula is C57H67N9O10S. The van der Waals surface area contributed by atoms with Crippen LogP contribution in [0.15, 0.2) is 96.3 Å². The number of H-pyrrole nitrogens is 1. The number of carbonyl (C=O) groups excluding carboxylic acids is 1. The summed E-state index contributed by atoms with van der Waals surface area (Å²) in [5.74, 6) is 0.808. The maximum atomic E-state index is 14.3. The molecule has 4 fully saturated rings. The Kier molecular flexibility index (Phi) is 14.3. The molecule has 2 aliphatic carbocycles. The van der Waals surface area contributed by atoms with E-state index in [1.165, 1.54) is 29.1 Å². The molecule has 3 aliphatic heterocycles. The number of hydrogen-bond acceptors (Lipinski definition) is 16. The molecule has 4 N–H and O–H groups in total. The van der Waals surface area contributed by atoms with E-state index in [4.69, 9.17) is 23.9 Å². The Bertz CT molecular complexity index is 3270. The number of pyridine rings is 2. The number of sulfonamides is 1. The van der Waals surface area contributed by atoms with Gasteiger partial charge in [0.05, 0.1) is 23.8 Å². The lowest BCUT2D eigenvalue weighted by atomic mass is 9.59. The van der Waals surface area contributed by atoms with Crippen LogP contribution in [0.3, 0.4) is 0 Å². The first kappa shape index (κ1) is 52.1. The van der Waals surface area contributed by atoms with Crippen LogP contribution in [0.5, 0.6) is 28.7 Å². The molecule has 19 nitrogen and oxygen atoms in total. The van der Waals surface area contributed by atoms with E-state index in [2.05, 4.69) is 85.0 Å². The number of anilines is 2. The van der Waals surface area contributed by atoms with Gasteiger partial charge >= 0.3 is 0 Å². The quantitative estimate of drug-likeness (QED) is 0.0523. The molecule has 6 aromatic rings. The first-order chi connectivity index (χ1) is 37.0. The van der Waals surface area contributed by atoms with Crippen LogP contribution in [0.4, 0.5) is 17.2 Å². The minimum atomic E-state index is -4.85. The minimum absolute atomic E-state index is 0.0261. The van der Waals surface area contributed by atoms with E-state index in [-0.39, 0.29) is 45.9 Å². The summed E-state index contributed by atoms with van der Waals surface area (Å²) in [6, 6.07) is 24.2. The van der Waals surface area contributed by atoms with Crippen LogP contribution in [-0.2, 0) is 16.6 Å². The van der Waals surface area contributed by atoms with Crippen molar-refractivity contribution in [3.8, 4) is 28.7 Å². The summed E-state index contributed by atoms with van der Waals surface area (Å²) >= 11 is 0. The van der Waals surface area contributed by atoms with Crippen LogP contribution < -0.4 is 33.9 Å². The van der Waals surface area contributed by atoms with E-state index < -0.39 is 43.8 Å². The van der Waals surface area contributed by atoms with E-state index in [0.29, 0.717) is 61.4 Å². The molecule has 0 radical (unpaired) electrons. The molecule has 1 amide bonds. The number of piperidine rings is 1. The van der Waals surface area contributed by atoms with Gasteiger partial charge in [-0.3, -0.25) is 24.7 Å². The fourth-order valence-corrected chi connectivity index (χ4v) is 13.4. The molecule has 6 heterocycles. The maximum Gasteiger partial charge on any atom is 0.297 e. The monoisotopic (exact) mass is 1070 g/mol. The predicted molar refractivity (Wildman–Crippen MR) is 290 cm³/mol.